The Morgan fingerprint density at radius 2 is 1.87 bits per heavy atom. The predicted octanol–water partition coefficient (Wildman–Crippen LogP) is 2.22. The van der Waals surface area contributed by atoms with E-state index in [4.69, 9.17) is 14.2 Å². The van der Waals surface area contributed by atoms with Crippen LogP contribution in [0.2, 0.25) is 0 Å². The highest BCUT2D eigenvalue weighted by molar-refractivity contribution is 5.68. The van der Waals surface area contributed by atoms with Crippen molar-refractivity contribution in [3.05, 3.63) is 0 Å². The first-order valence-electron chi connectivity index (χ1n) is 8.84. The van der Waals surface area contributed by atoms with Gasteiger partial charge in [-0.1, -0.05) is 0 Å². The molecule has 1 saturated heterocycles. The van der Waals surface area contributed by atoms with E-state index in [0.717, 1.165) is 58.5 Å². The van der Waals surface area contributed by atoms with Gasteiger partial charge < -0.3 is 24.8 Å². The van der Waals surface area contributed by atoms with Crippen molar-refractivity contribution in [3.8, 4) is 0 Å². The summed E-state index contributed by atoms with van der Waals surface area (Å²) in [6.45, 7) is 8.94. The first kappa shape index (κ1) is 18.5. The molecule has 1 unspecified atom stereocenters. The molecule has 1 heterocycles. The van der Waals surface area contributed by atoms with Crippen LogP contribution in [0, 0.1) is 0 Å². The average molecular weight is 328 g/mol. The van der Waals surface area contributed by atoms with Gasteiger partial charge in [0.2, 0.25) is 0 Å². The molecule has 1 aliphatic carbocycles. The third-order valence-electron chi connectivity index (χ3n) is 4.21. The molecule has 23 heavy (non-hydrogen) atoms. The van der Waals surface area contributed by atoms with Gasteiger partial charge in [0.05, 0.1) is 19.3 Å². The molecule has 0 bridgehead atoms. The molecule has 6 heteroatoms. The summed E-state index contributed by atoms with van der Waals surface area (Å²) in [5, 5.41) is 6.41. The second kappa shape index (κ2) is 8.85. The zero-order valence-corrected chi connectivity index (χ0v) is 14.7. The Morgan fingerprint density at radius 3 is 2.48 bits per heavy atom. The van der Waals surface area contributed by atoms with Gasteiger partial charge in [0.15, 0.2) is 0 Å². The molecule has 0 spiro atoms. The fourth-order valence-electron chi connectivity index (χ4n) is 3.03. The van der Waals surface area contributed by atoms with Crippen LogP contribution in [0.4, 0.5) is 4.79 Å². The van der Waals surface area contributed by atoms with Crippen LogP contribution in [-0.4, -0.2) is 56.2 Å². The lowest BCUT2D eigenvalue weighted by Gasteiger charge is -2.30. The molecule has 0 radical (unpaired) electrons. The van der Waals surface area contributed by atoms with E-state index in [-0.39, 0.29) is 12.1 Å². The minimum absolute atomic E-state index is 0.207. The van der Waals surface area contributed by atoms with Crippen molar-refractivity contribution in [3.63, 3.8) is 0 Å². The molecule has 1 amide bonds. The van der Waals surface area contributed by atoms with Crippen LogP contribution >= 0.6 is 0 Å². The summed E-state index contributed by atoms with van der Waals surface area (Å²) < 4.78 is 16.6. The summed E-state index contributed by atoms with van der Waals surface area (Å²) in [4.78, 5) is 11.8. The van der Waals surface area contributed by atoms with Gasteiger partial charge in [-0.25, -0.2) is 4.79 Å². The number of hydrogen-bond donors (Lipinski definition) is 2. The number of alkyl carbamates (subject to hydrolysis) is 1. The number of rotatable bonds is 6. The van der Waals surface area contributed by atoms with E-state index in [1.54, 1.807) is 0 Å². The Kier molecular flexibility index (Phi) is 7.11. The minimum Gasteiger partial charge on any atom is -0.444 e. The number of nitrogens with one attached hydrogen (secondary N) is 2. The van der Waals surface area contributed by atoms with Crippen molar-refractivity contribution in [1.82, 2.24) is 10.6 Å². The Hall–Kier alpha value is -0.850. The molecular weight excluding hydrogens is 296 g/mol. The van der Waals surface area contributed by atoms with Crippen LogP contribution in [0.15, 0.2) is 0 Å². The molecule has 1 atom stereocenters. The topological polar surface area (TPSA) is 68.8 Å². The van der Waals surface area contributed by atoms with Gasteiger partial charge in [-0.15, -0.1) is 0 Å². The zero-order chi connectivity index (χ0) is 16.7. The van der Waals surface area contributed by atoms with Crippen LogP contribution < -0.4 is 10.6 Å². The molecule has 2 rings (SSSR count). The summed E-state index contributed by atoms with van der Waals surface area (Å²) in [5.74, 6) is 0. The quantitative estimate of drug-likeness (QED) is 0.732. The van der Waals surface area contributed by atoms with Gasteiger partial charge in [-0.2, -0.15) is 0 Å². The van der Waals surface area contributed by atoms with Gasteiger partial charge in [-0.05, 0) is 52.9 Å². The summed E-state index contributed by atoms with van der Waals surface area (Å²) in [6, 6.07) is 0.700. The van der Waals surface area contributed by atoms with E-state index in [2.05, 4.69) is 10.6 Å². The molecule has 134 valence electrons. The monoisotopic (exact) mass is 328 g/mol. The molecule has 2 fully saturated rings. The largest absolute Gasteiger partial charge is 0.444 e. The van der Waals surface area contributed by atoms with Crippen molar-refractivity contribution in [2.24, 2.45) is 0 Å². The Labute approximate surface area is 139 Å². The highest BCUT2D eigenvalue weighted by atomic mass is 16.6. The van der Waals surface area contributed by atoms with E-state index in [1.165, 1.54) is 0 Å². The van der Waals surface area contributed by atoms with Crippen LogP contribution in [0.1, 0.15) is 52.9 Å². The fraction of sp³-hybridized carbons (Fsp3) is 0.941. The Morgan fingerprint density at radius 1 is 1.13 bits per heavy atom. The van der Waals surface area contributed by atoms with Crippen LogP contribution in [0.25, 0.3) is 0 Å². The first-order valence-corrected chi connectivity index (χ1v) is 8.84. The lowest BCUT2D eigenvalue weighted by molar-refractivity contribution is 0.0186. The number of hydrogen-bond acceptors (Lipinski definition) is 5. The lowest BCUT2D eigenvalue weighted by Crippen LogP contribution is -2.42. The number of carbonyl (C=O) groups excluding carboxylic acids is 1. The summed E-state index contributed by atoms with van der Waals surface area (Å²) in [6.07, 6.45) is 4.99. The molecule has 0 aromatic rings. The average Bonchev–Trinajstić information content (AvgIpc) is 2.96. The maximum absolute atomic E-state index is 11.8. The maximum Gasteiger partial charge on any atom is 0.407 e. The van der Waals surface area contributed by atoms with Crippen molar-refractivity contribution in [1.29, 1.82) is 0 Å². The first-order chi connectivity index (χ1) is 10.9. The number of carbonyl (C=O) groups is 1. The molecular formula is C17H32N2O4. The standard InChI is InChI=1S/C17H32N2O4/c1-17(2,3)23-16(20)19-13-4-6-15(7-5-13)22-11-9-18-14-8-10-21-12-14/h13-15,18H,4-12H2,1-3H3,(H,19,20). The molecule has 1 saturated carbocycles. The van der Waals surface area contributed by atoms with E-state index in [9.17, 15) is 4.79 Å². The van der Waals surface area contributed by atoms with Gasteiger partial charge >= 0.3 is 6.09 Å². The second-order valence-electron chi connectivity index (χ2n) is 7.51. The minimum atomic E-state index is -0.443. The van der Waals surface area contributed by atoms with Gasteiger partial charge in [0.25, 0.3) is 0 Å². The van der Waals surface area contributed by atoms with Crippen molar-refractivity contribution in [2.45, 2.75) is 76.7 Å². The van der Waals surface area contributed by atoms with Crippen LogP contribution in [-0.2, 0) is 14.2 Å². The molecule has 0 aromatic carbocycles. The number of amides is 1. The number of ether oxygens (including phenoxy) is 3. The lowest BCUT2D eigenvalue weighted by atomic mass is 9.93. The summed E-state index contributed by atoms with van der Waals surface area (Å²) in [5.41, 5.74) is -0.443. The molecule has 2 N–H and O–H groups in total. The van der Waals surface area contributed by atoms with Gasteiger partial charge in [0, 0.05) is 25.2 Å². The summed E-state index contributed by atoms with van der Waals surface area (Å²) in [7, 11) is 0. The SMILES string of the molecule is CC(C)(C)OC(=O)NC1CCC(OCCNC2CCOC2)CC1. The zero-order valence-electron chi connectivity index (χ0n) is 14.7. The normalized spacial score (nSPS) is 28.6. The van der Waals surface area contributed by atoms with Crippen LogP contribution in [0.3, 0.4) is 0 Å². The van der Waals surface area contributed by atoms with Crippen molar-refractivity contribution in [2.75, 3.05) is 26.4 Å². The van der Waals surface area contributed by atoms with Crippen molar-refractivity contribution >= 4 is 6.09 Å². The molecule has 6 nitrogen and oxygen atoms in total. The molecule has 0 aromatic heterocycles. The molecule has 2 aliphatic rings. The van der Waals surface area contributed by atoms with E-state index in [1.807, 2.05) is 20.8 Å². The maximum atomic E-state index is 11.8. The van der Waals surface area contributed by atoms with Gasteiger partial charge in [0.1, 0.15) is 5.60 Å². The Balaban J connectivity index is 1.52. The van der Waals surface area contributed by atoms with Crippen molar-refractivity contribution < 1.29 is 19.0 Å². The highest BCUT2D eigenvalue weighted by Gasteiger charge is 2.25. The highest BCUT2D eigenvalue weighted by Crippen LogP contribution is 2.21. The summed E-state index contributed by atoms with van der Waals surface area (Å²) >= 11 is 0. The fourth-order valence-corrected chi connectivity index (χ4v) is 3.03. The second-order valence-corrected chi connectivity index (χ2v) is 7.51. The Bertz CT molecular complexity index is 356. The smallest absolute Gasteiger partial charge is 0.407 e. The van der Waals surface area contributed by atoms with E-state index < -0.39 is 5.60 Å². The third-order valence-corrected chi connectivity index (χ3v) is 4.21. The molecule has 1 aliphatic heterocycles. The van der Waals surface area contributed by atoms with Crippen LogP contribution in [0.5, 0.6) is 0 Å². The third kappa shape index (κ3) is 7.50. The predicted molar refractivity (Wildman–Crippen MR) is 88.6 cm³/mol. The van der Waals surface area contributed by atoms with E-state index in [0.29, 0.717) is 12.1 Å². The van der Waals surface area contributed by atoms with E-state index >= 15 is 0 Å². The van der Waals surface area contributed by atoms with Gasteiger partial charge in [-0.3, -0.25) is 0 Å².